The van der Waals surface area contributed by atoms with Gasteiger partial charge in [0.05, 0.1) is 17.8 Å². The number of nitrogen functional groups attached to an aromatic ring is 1. The maximum absolute atomic E-state index is 13.6. The second kappa shape index (κ2) is 7.94. The Hall–Kier alpha value is -3.74. The number of benzene rings is 2. The molecule has 2 aromatic heterocycles. The van der Waals surface area contributed by atoms with Crippen molar-refractivity contribution in [3.8, 4) is 11.1 Å². The van der Waals surface area contributed by atoms with Crippen molar-refractivity contribution in [1.82, 2.24) is 20.1 Å². The number of carbonyl (C=O) groups excluding carboxylic acids is 1. The molecule has 4 aromatic rings. The number of nitrogens with one attached hydrogen (secondary N) is 1. The third-order valence-corrected chi connectivity index (χ3v) is 5.03. The summed E-state index contributed by atoms with van der Waals surface area (Å²) in [6.45, 7) is 4.94. The molecule has 0 atom stereocenters. The molecule has 30 heavy (non-hydrogen) atoms. The van der Waals surface area contributed by atoms with Gasteiger partial charge in [0.25, 0.3) is 5.91 Å². The molecular formula is C23H22FN5O. The van der Waals surface area contributed by atoms with E-state index in [2.05, 4.69) is 15.4 Å². The molecule has 2 heterocycles. The normalized spacial score (nSPS) is 11.0. The van der Waals surface area contributed by atoms with E-state index in [9.17, 15) is 9.18 Å². The molecule has 0 radical (unpaired) electrons. The second-order valence-corrected chi connectivity index (χ2v) is 7.23. The molecule has 0 spiro atoms. The number of aromatic nitrogens is 3. The van der Waals surface area contributed by atoms with Gasteiger partial charge in [0, 0.05) is 23.8 Å². The standard InChI is InChI=1S/C23H22FN5O/c1-14-10-15(2)29(28-14)9-8-26-23(30)21-13-27-22(25)20-12-17(6-7-19(20)21)16-4-3-5-18(24)11-16/h3-7,10-13H,8-9H2,1-2H3,(H2,25,27)(H,26,30). The van der Waals surface area contributed by atoms with Gasteiger partial charge in [0.2, 0.25) is 0 Å². The van der Waals surface area contributed by atoms with Crippen LogP contribution < -0.4 is 11.1 Å². The fourth-order valence-corrected chi connectivity index (χ4v) is 3.56. The Balaban J connectivity index is 1.58. The SMILES string of the molecule is Cc1cc(C)n(CCNC(=O)c2cnc(N)c3cc(-c4cccc(F)c4)ccc23)n1. The highest BCUT2D eigenvalue weighted by Gasteiger charge is 2.14. The van der Waals surface area contributed by atoms with E-state index < -0.39 is 0 Å². The van der Waals surface area contributed by atoms with Gasteiger partial charge in [0.1, 0.15) is 11.6 Å². The van der Waals surface area contributed by atoms with Crippen LogP contribution in [-0.4, -0.2) is 27.2 Å². The van der Waals surface area contributed by atoms with Crippen molar-refractivity contribution in [1.29, 1.82) is 0 Å². The van der Waals surface area contributed by atoms with Gasteiger partial charge in [-0.1, -0.05) is 24.3 Å². The lowest BCUT2D eigenvalue weighted by Gasteiger charge is -2.11. The van der Waals surface area contributed by atoms with E-state index in [4.69, 9.17) is 5.73 Å². The fraction of sp³-hybridized carbons (Fsp3) is 0.174. The summed E-state index contributed by atoms with van der Waals surface area (Å²) < 4.78 is 15.4. The number of nitrogens with zero attached hydrogens (tertiary/aromatic N) is 3. The minimum atomic E-state index is -0.311. The lowest BCUT2D eigenvalue weighted by atomic mass is 9.99. The van der Waals surface area contributed by atoms with Crippen molar-refractivity contribution in [2.24, 2.45) is 0 Å². The van der Waals surface area contributed by atoms with Gasteiger partial charge in [-0.3, -0.25) is 9.48 Å². The first kappa shape index (κ1) is 19.6. The van der Waals surface area contributed by atoms with Gasteiger partial charge in [-0.15, -0.1) is 0 Å². The Bertz CT molecular complexity index is 1250. The fourth-order valence-electron chi connectivity index (χ4n) is 3.56. The first-order chi connectivity index (χ1) is 14.4. The molecule has 4 rings (SSSR count). The highest BCUT2D eigenvalue weighted by molar-refractivity contribution is 6.09. The van der Waals surface area contributed by atoms with Crippen molar-refractivity contribution >= 4 is 22.5 Å². The maximum atomic E-state index is 13.6. The van der Waals surface area contributed by atoms with Crippen molar-refractivity contribution in [2.45, 2.75) is 20.4 Å². The molecule has 0 saturated heterocycles. The molecule has 6 nitrogen and oxygen atoms in total. The first-order valence-corrected chi connectivity index (χ1v) is 9.66. The summed E-state index contributed by atoms with van der Waals surface area (Å²) in [6.07, 6.45) is 1.48. The molecule has 0 aliphatic carbocycles. The smallest absolute Gasteiger partial charge is 0.253 e. The topological polar surface area (TPSA) is 85.8 Å². The van der Waals surface area contributed by atoms with Crippen LogP contribution in [0.5, 0.6) is 0 Å². The number of hydrogen-bond acceptors (Lipinski definition) is 4. The number of anilines is 1. The molecule has 1 amide bonds. The van der Waals surface area contributed by atoms with Crippen LogP contribution in [0, 0.1) is 19.7 Å². The van der Waals surface area contributed by atoms with Gasteiger partial charge in [-0.25, -0.2) is 9.37 Å². The number of hydrogen-bond donors (Lipinski definition) is 2. The minimum Gasteiger partial charge on any atom is -0.383 e. The van der Waals surface area contributed by atoms with E-state index in [1.807, 2.05) is 48.9 Å². The molecular weight excluding hydrogens is 381 g/mol. The predicted molar refractivity (Wildman–Crippen MR) is 116 cm³/mol. The number of rotatable bonds is 5. The molecule has 0 bridgehead atoms. The van der Waals surface area contributed by atoms with Crippen LogP contribution in [0.25, 0.3) is 21.9 Å². The van der Waals surface area contributed by atoms with E-state index in [1.165, 1.54) is 18.3 Å². The molecule has 0 fully saturated rings. The zero-order valence-electron chi connectivity index (χ0n) is 16.8. The number of pyridine rings is 1. The summed E-state index contributed by atoms with van der Waals surface area (Å²) in [7, 11) is 0. The molecule has 7 heteroatoms. The van der Waals surface area contributed by atoms with Gasteiger partial charge < -0.3 is 11.1 Å². The van der Waals surface area contributed by atoms with Crippen LogP contribution in [0.2, 0.25) is 0 Å². The zero-order chi connectivity index (χ0) is 21.3. The monoisotopic (exact) mass is 403 g/mol. The van der Waals surface area contributed by atoms with Crippen LogP contribution in [0.4, 0.5) is 10.2 Å². The third kappa shape index (κ3) is 3.87. The minimum absolute atomic E-state index is 0.229. The van der Waals surface area contributed by atoms with Crippen LogP contribution in [0.15, 0.2) is 54.7 Å². The van der Waals surface area contributed by atoms with Crippen LogP contribution in [-0.2, 0) is 6.54 Å². The van der Waals surface area contributed by atoms with Crippen molar-refractivity contribution in [3.05, 3.63) is 77.5 Å². The number of nitrogens with two attached hydrogens (primary N) is 1. The van der Waals surface area contributed by atoms with Crippen molar-refractivity contribution in [2.75, 3.05) is 12.3 Å². The van der Waals surface area contributed by atoms with E-state index in [0.29, 0.717) is 35.2 Å². The molecule has 3 N–H and O–H groups in total. The van der Waals surface area contributed by atoms with E-state index in [1.54, 1.807) is 6.07 Å². The Morgan fingerprint density at radius 1 is 1.10 bits per heavy atom. The van der Waals surface area contributed by atoms with Gasteiger partial charge in [0.15, 0.2) is 0 Å². The number of fused-ring (bicyclic) bond motifs is 1. The molecule has 0 unspecified atom stereocenters. The maximum Gasteiger partial charge on any atom is 0.253 e. The summed E-state index contributed by atoms with van der Waals surface area (Å²) in [5, 5.41) is 8.67. The molecule has 0 saturated carbocycles. The Labute approximate surface area is 173 Å². The predicted octanol–water partition coefficient (Wildman–Crippen LogP) is 3.87. The highest BCUT2D eigenvalue weighted by Crippen LogP contribution is 2.29. The lowest BCUT2D eigenvalue weighted by Crippen LogP contribution is -2.28. The molecule has 0 aliphatic heterocycles. The summed E-state index contributed by atoms with van der Waals surface area (Å²) >= 11 is 0. The van der Waals surface area contributed by atoms with Gasteiger partial charge in [-0.2, -0.15) is 5.10 Å². The number of carbonyl (C=O) groups is 1. The summed E-state index contributed by atoms with van der Waals surface area (Å²) in [5.41, 5.74) is 10.0. The molecule has 152 valence electrons. The summed E-state index contributed by atoms with van der Waals surface area (Å²) in [4.78, 5) is 17.0. The van der Waals surface area contributed by atoms with Crippen LogP contribution >= 0.6 is 0 Å². The average Bonchev–Trinajstić information content (AvgIpc) is 3.05. The lowest BCUT2D eigenvalue weighted by molar-refractivity contribution is 0.0953. The molecule has 0 aliphatic rings. The Morgan fingerprint density at radius 2 is 1.90 bits per heavy atom. The van der Waals surface area contributed by atoms with Crippen molar-refractivity contribution < 1.29 is 9.18 Å². The van der Waals surface area contributed by atoms with Gasteiger partial charge in [-0.05, 0) is 54.6 Å². The Morgan fingerprint density at radius 3 is 2.63 bits per heavy atom. The number of halogens is 1. The largest absolute Gasteiger partial charge is 0.383 e. The summed E-state index contributed by atoms with van der Waals surface area (Å²) in [5.74, 6) is -0.218. The van der Waals surface area contributed by atoms with E-state index in [-0.39, 0.29) is 11.7 Å². The average molecular weight is 403 g/mol. The highest BCUT2D eigenvalue weighted by atomic mass is 19.1. The van der Waals surface area contributed by atoms with Gasteiger partial charge >= 0.3 is 0 Å². The van der Waals surface area contributed by atoms with Crippen molar-refractivity contribution in [3.63, 3.8) is 0 Å². The van der Waals surface area contributed by atoms with E-state index >= 15 is 0 Å². The first-order valence-electron chi connectivity index (χ1n) is 9.66. The van der Waals surface area contributed by atoms with Crippen LogP contribution in [0.1, 0.15) is 21.7 Å². The number of amides is 1. The van der Waals surface area contributed by atoms with E-state index in [0.717, 1.165) is 22.5 Å². The Kier molecular flexibility index (Phi) is 5.18. The van der Waals surface area contributed by atoms with Crippen LogP contribution in [0.3, 0.4) is 0 Å². The second-order valence-electron chi connectivity index (χ2n) is 7.23. The zero-order valence-corrected chi connectivity index (χ0v) is 16.8. The quantitative estimate of drug-likeness (QED) is 0.530. The summed E-state index contributed by atoms with van der Waals surface area (Å²) in [6, 6.07) is 13.8. The molecule has 2 aromatic carbocycles. The third-order valence-electron chi connectivity index (χ3n) is 5.03. The number of aryl methyl sites for hydroxylation is 2.